The summed E-state index contributed by atoms with van der Waals surface area (Å²) in [6, 6.07) is 14.9. The van der Waals surface area contributed by atoms with Gasteiger partial charge in [-0.1, -0.05) is 35.5 Å². The molecule has 7 heteroatoms. The average molecular weight is 404 g/mol. The predicted molar refractivity (Wildman–Crippen MR) is 109 cm³/mol. The number of carbonyl (C=O) groups is 3. The maximum absolute atomic E-state index is 12.7. The van der Waals surface area contributed by atoms with Crippen LogP contribution in [-0.2, 0) is 16.1 Å². The van der Waals surface area contributed by atoms with Crippen molar-refractivity contribution in [3.05, 3.63) is 82.9 Å². The molecule has 0 spiro atoms. The van der Waals surface area contributed by atoms with Crippen LogP contribution >= 0.6 is 11.3 Å². The third-order valence-electron chi connectivity index (χ3n) is 4.41. The van der Waals surface area contributed by atoms with E-state index in [0.29, 0.717) is 27.8 Å². The molecule has 1 aromatic carbocycles. The minimum absolute atomic E-state index is 0.0919. The molecule has 0 radical (unpaired) electrons. The summed E-state index contributed by atoms with van der Waals surface area (Å²) < 4.78 is 5.34. The van der Waals surface area contributed by atoms with Crippen molar-refractivity contribution < 1.29 is 18.9 Å². The monoisotopic (exact) mass is 404 g/mol. The normalized spacial score (nSPS) is 13.5. The molecule has 2 heterocycles. The maximum atomic E-state index is 12.7. The van der Waals surface area contributed by atoms with Crippen LogP contribution in [0.5, 0.6) is 0 Å². The lowest BCUT2D eigenvalue weighted by molar-refractivity contribution is -0.113. The molecule has 0 aliphatic heterocycles. The van der Waals surface area contributed by atoms with Crippen molar-refractivity contribution in [2.75, 3.05) is 7.05 Å². The van der Waals surface area contributed by atoms with Crippen molar-refractivity contribution in [1.29, 1.82) is 0 Å². The zero-order chi connectivity index (χ0) is 20.4. The molecular weight excluding hydrogens is 388 g/mol. The van der Waals surface area contributed by atoms with Gasteiger partial charge in [0.25, 0.3) is 5.91 Å². The van der Waals surface area contributed by atoms with Crippen LogP contribution in [0.2, 0.25) is 0 Å². The van der Waals surface area contributed by atoms with Crippen LogP contribution in [0, 0.1) is 0 Å². The zero-order valence-electron chi connectivity index (χ0n) is 15.5. The molecule has 0 saturated heterocycles. The molecule has 144 valence electrons. The van der Waals surface area contributed by atoms with E-state index in [4.69, 9.17) is 4.52 Å². The molecule has 0 fully saturated rings. The number of rotatable bonds is 5. The number of hydrogen-bond acceptors (Lipinski definition) is 6. The number of benzene rings is 1. The Labute approximate surface area is 170 Å². The van der Waals surface area contributed by atoms with Crippen molar-refractivity contribution in [2.24, 2.45) is 0 Å². The zero-order valence-corrected chi connectivity index (χ0v) is 16.3. The molecule has 6 nitrogen and oxygen atoms in total. The van der Waals surface area contributed by atoms with E-state index >= 15 is 0 Å². The third kappa shape index (κ3) is 4.00. The summed E-state index contributed by atoms with van der Waals surface area (Å²) in [7, 11) is 1.76. The lowest BCUT2D eigenvalue weighted by atomic mass is 10.0. The first-order valence-corrected chi connectivity index (χ1v) is 9.67. The number of aromatic nitrogens is 1. The largest absolute Gasteiger partial charge is 0.355 e. The Morgan fingerprint density at radius 3 is 2.69 bits per heavy atom. The van der Waals surface area contributed by atoms with Crippen LogP contribution in [-0.4, -0.2) is 34.6 Å². The Morgan fingerprint density at radius 2 is 1.90 bits per heavy atom. The summed E-state index contributed by atoms with van der Waals surface area (Å²) in [5.74, 6) is -0.222. The highest BCUT2D eigenvalue weighted by Crippen LogP contribution is 2.31. The first-order chi connectivity index (χ1) is 14.0. The van der Waals surface area contributed by atoms with E-state index in [9.17, 15) is 14.4 Å². The Balaban J connectivity index is 1.51. The van der Waals surface area contributed by atoms with Gasteiger partial charge in [0.2, 0.25) is 0 Å². The van der Waals surface area contributed by atoms with Crippen molar-refractivity contribution in [1.82, 2.24) is 10.1 Å². The van der Waals surface area contributed by atoms with Gasteiger partial charge in [0, 0.05) is 19.7 Å². The molecule has 4 rings (SSSR count). The molecule has 0 N–H and O–H groups in total. The number of amides is 1. The maximum Gasteiger partial charge on any atom is 0.263 e. The Hall–Kier alpha value is -3.58. The van der Waals surface area contributed by atoms with E-state index in [2.05, 4.69) is 5.16 Å². The number of hydrogen-bond donors (Lipinski definition) is 0. The molecule has 0 bridgehead atoms. The van der Waals surface area contributed by atoms with Gasteiger partial charge in [0.05, 0.1) is 15.3 Å². The third-order valence-corrected chi connectivity index (χ3v) is 5.49. The number of allylic oxidation sites excluding steroid dienone is 4. The van der Waals surface area contributed by atoms with Crippen LogP contribution in [0.15, 0.2) is 71.3 Å². The van der Waals surface area contributed by atoms with E-state index < -0.39 is 0 Å². The van der Waals surface area contributed by atoms with Gasteiger partial charge >= 0.3 is 0 Å². The summed E-state index contributed by atoms with van der Waals surface area (Å²) in [5, 5.41) is 3.91. The van der Waals surface area contributed by atoms with Gasteiger partial charge in [-0.25, -0.2) is 0 Å². The van der Waals surface area contributed by atoms with E-state index in [1.165, 1.54) is 29.6 Å². The second-order valence-corrected chi connectivity index (χ2v) is 7.63. The molecule has 1 aliphatic carbocycles. The fourth-order valence-electron chi connectivity index (χ4n) is 2.93. The van der Waals surface area contributed by atoms with Crippen molar-refractivity contribution >= 4 is 34.4 Å². The molecule has 0 unspecified atom stereocenters. The van der Waals surface area contributed by atoms with Crippen molar-refractivity contribution in [3.8, 4) is 10.6 Å². The van der Waals surface area contributed by atoms with Crippen LogP contribution in [0.4, 0.5) is 0 Å². The fraction of sp³-hybridized carbons (Fsp3) is 0.0909. The number of carbonyl (C=O) groups excluding carboxylic acids is 3. The number of ketones is 2. The lowest BCUT2D eigenvalue weighted by Crippen LogP contribution is -2.25. The highest BCUT2D eigenvalue weighted by molar-refractivity contribution is 7.17. The summed E-state index contributed by atoms with van der Waals surface area (Å²) in [6.45, 7) is 0.511. The highest BCUT2D eigenvalue weighted by Gasteiger charge is 2.21. The number of nitrogens with zero attached hydrogens (tertiary/aromatic N) is 2. The molecule has 1 aliphatic rings. The van der Waals surface area contributed by atoms with Crippen LogP contribution < -0.4 is 0 Å². The molecule has 2 aromatic heterocycles. The standard InChI is InChI=1S/C22H16N2O4S/c1-24(13-14-5-3-2-4-6-14)22(27)21-10-9-20(29-21)19-12-17(23-28-19)16-11-15(25)7-8-18(16)26/h2-12H,13H2,1H3. The van der Waals surface area contributed by atoms with Gasteiger partial charge in [0.1, 0.15) is 5.69 Å². The SMILES string of the molecule is CN(Cc1ccccc1)C(=O)c1ccc(-c2cc(C3=CC(=O)C=CC3=O)no2)s1. The average Bonchev–Trinajstić information content (AvgIpc) is 3.39. The summed E-state index contributed by atoms with van der Waals surface area (Å²) in [5.41, 5.74) is 1.54. The summed E-state index contributed by atoms with van der Waals surface area (Å²) >= 11 is 1.28. The molecular formula is C22H16N2O4S. The van der Waals surface area contributed by atoms with Gasteiger partial charge in [-0.3, -0.25) is 14.4 Å². The van der Waals surface area contributed by atoms with Crippen LogP contribution in [0.25, 0.3) is 16.2 Å². The summed E-state index contributed by atoms with van der Waals surface area (Å²) in [6.07, 6.45) is 3.68. The number of thiophene rings is 1. The second-order valence-electron chi connectivity index (χ2n) is 6.55. The topological polar surface area (TPSA) is 80.5 Å². The van der Waals surface area contributed by atoms with Crippen LogP contribution in [0.1, 0.15) is 20.9 Å². The molecule has 1 amide bonds. The minimum atomic E-state index is -0.297. The van der Waals surface area contributed by atoms with Gasteiger partial charge in [-0.2, -0.15) is 0 Å². The van der Waals surface area contributed by atoms with Gasteiger partial charge in [-0.05, 0) is 35.9 Å². The Morgan fingerprint density at radius 1 is 1.10 bits per heavy atom. The van der Waals surface area contributed by atoms with Crippen molar-refractivity contribution in [3.63, 3.8) is 0 Å². The first-order valence-electron chi connectivity index (χ1n) is 8.86. The Kier molecular flexibility index (Phi) is 5.05. The van der Waals surface area contributed by atoms with E-state index in [-0.39, 0.29) is 23.0 Å². The predicted octanol–water partition coefficient (Wildman–Crippen LogP) is 3.77. The Bertz CT molecular complexity index is 1150. The summed E-state index contributed by atoms with van der Waals surface area (Å²) in [4.78, 5) is 39.2. The van der Waals surface area contributed by atoms with Gasteiger partial charge in [-0.15, -0.1) is 11.3 Å². The quantitative estimate of drug-likeness (QED) is 0.605. The smallest absolute Gasteiger partial charge is 0.263 e. The molecule has 0 saturated carbocycles. The van der Waals surface area contributed by atoms with Crippen molar-refractivity contribution in [2.45, 2.75) is 6.54 Å². The fourth-order valence-corrected chi connectivity index (χ4v) is 3.88. The van der Waals surface area contributed by atoms with E-state index in [1.807, 2.05) is 30.3 Å². The van der Waals surface area contributed by atoms with Gasteiger partial charge in [0.15, 0.2) is 17.3 Å². The molecule has 29 heavy (non-hydrogen) atoms. The van der Waals surface area contributed by atoms with Crippen LogP contribution in [0.3, 0.4) is 0 Å². The van der Waals surface area contributed by atoms with E-state index in [1.54, 1.807) is 30.1 Å². The minimum Gasteiger partial charge on any atom is -0.355 e. The molecule has 0 atom stereocenters. The second kappa shape index (κ2) is 7.81. The first kappa shape index (κ1) is 18.8. The molecule has 3 aromatic rings. The van der Waals surface area contributed by atoms with E-state index in [0.717, 1.165) is 5.56 Å². The highest BCUT2D eigenvalue weighted by atomic mass is 32.1. The van der Waals surface area contributed by atoms with Gasteiger partial charge < -0.3 is 9.42 Å². The lowest BCUT2D eigenvalue weighted by Gasteiger charge is -2.16.